The lowest BCUT2D eigenvalue weighted by molar-refractivity contribution is 0.351. The summed E-state index contributed by atoms with van der Waals surface area (Å²) in [6, 6.07) is 43.7. The highest BCUT2D eigenvalue weighted by atomic mass is 16.6. The predicted molar refractivity (Wildman–Crippen MR) is 260 cm³/mol. The smallest absolute Gasteiger partial charge is 0.292 e. The number of fused-ring (bicyclic) bond motifs is 8. The van der Waals surface area contributed by atoms with E-state index in [0.717, 1.165) is 96.4 Å². The molecule has 14 rings (SSSR count). The predicted octanol–water partition coefficient (Wildman–Crippen LogP) is 12.8. The van der Waals surface area contributed by atoms with Crippen LogP contribution in [0, 0.1) is 0 Å². The molecule has 0 fully saturated rings. The van der Waals surface area contributed by atoms with Crippen LogP contribution in [0.4, 0.5) is 0 Å². The van der Waals surface area contributed by atoms with Crippen molar-refractivity contribution in [2.45, 2.75) is 12.8 Å². The zero-order chi connectivity index (χ0) is 44.7. The van der Waals surface area contributed by atoms with Crippen LogP contribution in [0.5, 0.6) is 23.5 Å². The Kier molecular flexibility index (Phi) is 8.33. The average molecular weight is 887 g/mol. The Morgan fingerprint density at radius 3 is 2.09 bits per heavy atom. The summed E-state index contributed by atoms with van der Waals surface area (Å²) in [5.74, 6) is 2.44. The lowest BCUT2D eigenvalue weighted by atomic mass is 10.1. The third kappa shape index (κ3) is 6.11. The number of allylic oxidation sites excluding steroid dienone is 4. The van der Waals surface area contributed by atoms with Gasteiger partial charge in [-0.2, -0.15) is 10.2 Å². The third-order valence-corrected chi connectivity index (χ3v) is 12.4. The highest BCUT2D eigenvalue weighted by Crippen LogP contribution is 2.40. The van der Waals surface area contributed by atoms with Crippen LogP contribution in [0.3, 0.4) is 0 Å². The molecule has 0 spiro atoms. The monoisotopic (exact) mass is 886 g/mol. The topological polar surface area (TPSA) is 142 Å². The zero-order valence-electron chi connectivity index (χ0n) is 35.8. The molecule has 10 aromatic heterocycles. The van der Waals surface area contributed by atoms with Gasteiger partial charge in [0.1, 0.15) is 33.6 Å². The fourth-order valence-corrected chi connectivity index (χ4v) is 9.42. The lowest BCUT2D eigenvalue weighted by Crippen LogP contribution is -2.08. The summed E-state index contributed by atoms with van der Waals surface area (Å²) in [4.78, 5) is 21.0. The number of benzene rings is 3. The van der Waals surface area contributed by atoms with Gasteiger partial charge in [-0.15, -0.1) is 4.80 Å². The van der Waals surface area contributed by atoms with Crippen LogP contribution in [0.15, 0.2) is 192 Å². The second-order valence-corrected chi connectivity index (χ2v) is 16.4. The van der Waals surface area contributed by atoms with Crippen LogP contribution in [0.25, 0.3) is 100 Å². The van der Waals surface area contributed by atoms with Crippen molar-refractivity contribution in [3.05, 3.63) is 183 Å². The first kappa shape index (κ1) is 37.8. The first-order valence-corrected chi connectivity index (χ1v) is 22.1. The molecule has 324 valence electrons. The first-order valence-electron chi connectivity index (χ1n) is 22.1. The zero-order valence-corrected chi connectivity index (χ0v) is 35.8. The van der Waals surface area contributed by atoms with E-state index in [1.165, 1.54) is 0 Å². The fraction of sp³-hybridized carbons (Fsp3) is 0.0370. The third-order valence-electron chi connectivity index (χ3n) is 12.4. The van der Waals surface area contributed by atoms with E-state index in [1.807, 2.05) is 103 Å². The Labute approximate surface area is 384 Å². The molecule has 1 aliphatic carbocycles. The molecule has 0 atom stereocenters. The first-order chi connectivity index (χ1) is 33.7. The van der Waals surface area contributed by atoms with E-state index in [2.05, 4.69) is 77.4 Å². The summed E-state index contributed by atoms with van der Waals surface area (Å²) >= 11 is 0. The van der Waals surface area contributed by atoms with Crippen molar-refractivity contribution in [3.63, 3.8) is 0 Å². The molecule has 14 heteroatoms. The summed E-state index contributed by atoms with van der Waals surface area (Å²) in [6.45, 7) is 0. The molecule has 14 nitrogen and oxygen atoms in total. The Morgan fingerprint density at radius 2 is 1.29 bits per heavy atom. The molecular weight excluding hydrogens is 853 g/mol. The van der Waals surface area contributed by atoms with E-state index < -0.39 is 0 Å². The van der Waals surface area contributed by atoms with Crippen LogP contribution in [0.1, 0.15) is 12.8 Å². The number of para-hydroxylation sites is 1. The summed E-state index contributed by atoms with van der Waals surface area (Å²) in [5.41, 5.74) is 11.0. The number of rotatable bonds is 9. The maximum Gasteiger partial charge on any atom is 0.292 e. The van der Waals surface area contributed by atoms with Crippen molar-refractivity contribution in [1.82, 2.24) is 48.6 Å². The van der Waals surface area contributed by atoms with Crippen LogP contribution in [-0.4, -0.2) is 48.6 Å². The minimum atomic E-state index is 0.292. The van der Waals surface area contributed by atoms with Crippen LogP contribution >= 0.6 is 0 Å². The highest BCUT2D eigenvalue weighted by molar-refractivity contribution is 6.09. The van der Waals surface area contributed by atoms with Gasteiger partial charge in [0.25, 0.3) is 11.9 Å². The minimum Gasteiger partial charge on any atom is -0.426 e. The van der Waals surface area contributed by atoms with E-state index in [9.17, 15) is 0 Å². The molecule has 0 radical (unpaired) electrons. The van der Waals surface area contributed by atoms with Gasteiger partial charge >= 0.3 is 0 Å². The Bertz CT molecular complexity index is 4110. The van der Waals surface area contributed by atoms with Crippen LogP contribution in [-0.2, 0) is 0 Å². The molecule has 68 heavy (non-hydrogen) atoms. The molecule has 0 saturated carbocycles. The molecular formula is C54H34N10O4. The van der Waals surface area contributed by atoms with Crippen LogP contribution in [0.2, 0.25) is 0 Å². The summed E-state index contributed by atoms with van der Waals surface area (Å²) < 4.78 is 31.7. The maximum absolute atomic E-state index is 6.38. The van der Waals surface area contributed by atoms with Gasteiger partial charge in [-0.3, -0.25) is 14.1 Å². The van der Waals surface area contributed by atoms with Gasteiger partial charge in [-0.25, -0.2) is 15.0 Å². The number of hydrogen-bond donors (Lipinski definition) is 0. The molecule has 13 aromatic rings. The Balaban J connectivity index is 0.797. The van der Waals surface area contributed by atoms with Crippen molar-refractivity contribution < 1.29 is 18.3 Å². The van der Waals surface area contributed by atoms with Gasteiger partial charge in [0.15, 0.2) is 5.82 Å². The van der Waals surface area contributed by atoms with Crippen molar-refractivity contribution in [2.75, 3.05) is 0 Å². The van der Waals surface area contributed by atoms with Crippen molar-refractivity contribution >= 4 is 71.6 Å². The van der Waals surface area contributed by atoms with Gasteiger partial charge in [0.05, 0.1) is 46.0 Å². The Hall–Kier alpha value is -9.56. The van der Waals surface area contributed by atoms with E-state index in [0.29, 0.717) is 40.2 Å². The summed E-state index contributed by atoms with van der Waals surface area (Å²) in [5, 5.41) is 12.5. The van der Waals surface area contributed by atoms with Gasteiger partial charge < -0.3 is 22.9 Å². The molecule has 3 aromatic carbocycles. The SMILES string of the molecule is C1=CC(n2c3ccc(Oc4cc5cc6oc(Oc7ccc8c(c7)c7cccnc7n8-c7ccncc7)cc6cc5o4)nc3c3nc(-c4ccc(-n5nccn5)n4-c4ccccc4)ccc32)=CCC1. The number of pyridine rings is 4. The van der Waals surface area contributed by atoms with E-state index >= 15 is 0 Å². The quantitative estimate of drug-likeness (QED) is 0.137. The maximum atomic E-state index is 6.38. The van der Waals surface area contributed by atoms with Crippen molar-refractivity contribution in [1.29, 1.82) is 0 Å². The fourth-order valence-electron chi connectivity index (χ4n) is 9.42. The largest absolute Gasteiger partial charge is 0.426 e. The standard InChI is InChI=1S/C54H34N10O4/c1-3-8-35(9-4-1)61-44-16-14-41(43-18-20-49(64-57-26-27-58-64)62(43)36-10-5-2-6-11-36)59-52(44)53-45(61)17-19-48(60-53)68-51-31-34-29-46-33(28-47(34)67-51)30-50(66-46)65-38-13-15-42-40(32-38)39-12-7-23-56-54(39)63(42)37-21-24-55-25-22-37/h2-3,5-32H,1,4H2. The van der Waals surface area contributed by atoms with E-state index in [1.54, 1.807) is 35.8 Å². The van der Waals surface area contributed by atoms with Crippen molar-refractivity contribution in [2.24, 2.45) is 0 Å². The van der Waals surface area contributed by atoms with Gasteiger partial charge in [-0.1, -0.05) is 30.4 Å². The Morgan fingerprint density at radius 1 is 0.544 bits per heavy atom. The molecule has 0 N–H and O–H groups in total. The number of hydrogen-bond acceptors (Lipinski definition) is 10. The molecule has 0 bridgehead atoms. The second-order valence-electron chi connectivity index (χ2n) is 16.4. The van der Waals surface area contributed by atoms with E-state index in [-0.39, 0.29) is 0 Å². The lowest BCUT2D eigenvalue weighted by Gasteiger charge is -2.13. The highest BCUT2D eigenvalue weighted by Gasteiger charge is 2.22. The normalized spacial score (nSPS) is 12.9. The molecule has 0 unspecified atom stereocenters. The van der Waals surface area contributed by atoms with Crippen molar-refractivity contribution in [3.8, 4) is 52.1 Å². The number of furan rings is 2. The van der Waals surface area contributed by atoms with E-state index in [4.69, 9.17) is 33.3 Å². The molecule has 1 aliphatic rings. The summed E-state index contributed by atoms with van der Waals surface area (Å²) in [6.07, 6.45) is 17.3. The minimum absolute atomic E-state index is 0.292. The average Bonchev–Trinajstić information content (AvgIpc) is 4.26. The molecule has 10 heterocycles. The number of nitrogens with zero attached hydrogens (tertiary/aromatic N) is 10. The number of ether oxygens (including phenoxy) is 2. The second kappa shape index (κ2) is 15.0. The summed E-state index contributed by atoms with van der Waals surface area (Å²) in [7, 11) is 0. The molecule has 0 saturated heterocycles. The molecule has 0 amide bonds. The van der Waals surface area contributed by atoms with Gasteiger partial charge in [0, 0.05) is 69.7 Å². The van der Waals surface area contributed by atoms with Gasteiger partial charge in [-0.05, 0) is 116 Å². The van der Waals surface area contributed by atoms with Crippen LogP contribution < -0.4 is 9.47 Å². The molecule has 0 aliphatic heterocycles. The van der Waals surface area contributed by atoms with Gasteiger partial charge in [0.2, 0.25) is 5.88 Å². The number of aromatic nitrogens is 10.